The first-order valence-corrected chi connectivity index (χ1v) is 6.08. The van der Waals surface area contributed by atoms with Crippen LogP contribution in [0.3, 0.4) is 0 Å². The van der Waals surface area contributed by atoms with Crippen LogP contribution in [0.2, 0.25) is 0 Å². The molecule has 1 aromatic rings. The molecule has 1 N–H and O–H groups in total. The standard InChI is InChI=1S/C13H19N3O/c1-10-8-15-6-5-11(10)9-16-7-3-4-12(14-2)13(16)17/h5-6,8,12,14H,3-4,7,9H2,1-2H3. The number of nitrogens with one attached hydrogen (secondary N) is 1. The van der Waals surface area contributed by atoms with Gasteiger partial charge in [0, 0.05) is 25.5 Å². The van der Waals surface area contributed by atoms with E-state index >= 15 is 0 Å². The van der Waals surface area contributed by atoms with Crippen LogP contribution in [-0.4, -0.2) is 35.4 Å². The van der Waals surface area contributed by atoms with E-state index in [4.69, 9.17) is 0 Å². The van der Waals surface area contributed by atoms with Crippen LogP contribution in [-0.2, 0) is 11.3 Å². The van der Waals surface area contributed by atoms with Crippen molar-refractivity contribution in [3.8, 4) is 0 Å². The maximum Gasteiger partial charge on any atom is 0.239 e. The summed E-state index contributed by atoms with van der Waals surface area (Å²) in [6.07, 6.45) is 5.65. The highest BCUT2D eigenvalue weighted by Gasteiger charge is 2.27. The Morgan fingerprint density at radius 3 is 3.12 bits per heavy atom. The average Bonchev–Trinajstić information content (AvgIpc) is 2.34. The molecule has 4 heteroatoms. The van der Waals surface area contributed by atoms with Gasteiger partial charge < -0.3 is 10.2 Å². The van der Waals surface area contributed by atoms with E-state index in [2.05, 4.69) is 10.3 Å². The predicted molar refractivity (Wildman–Crippen MR) is 66.5 cm³/mol. The van der Waals surface area contributed by atoms with E-state index in [0.717, 1.165) is 24.9 Å². The molecule has 1 fully saturated rings. The van der Waals surface area contributed by atoms with E-state index in [1.54, 1.807) is 6.20 Å². The van der Waals surface area contributed by atoms with Gasteiger partial charge in [0.15, 0.2) is 0 Å². The number of nitrogens with zero attached hydrogens (tertiary/aromatic N) is 2. The van der Waals surface area contributed by atoms with Gasteiger partial charge in [0.05, 0.1) is 6.04 Å². The molecule has 0 aliphatic carbocycles. The van der Waals surface area contributed by atoms with Gasteiger partial charge in [-0.15, -0.1) is 0 Å². The highest BCUT2D eigenvalue weighted by Crippen LogP contribution is 2.16. The molecule has 1 atom stereocenters. The summed E-state index contributed by atoms with van der Waals surface area (Å²) in [5, 5.41) is 3.08. The molecule has 1 aromatic heterocycles. The molecule has 17 heavy (non-hydrogen) atoms. The fourth-order valence-electron chi connectivity index (χ4n) is 2.25. The molecular formula is C13H19N3O. The maximum absolute atomic E-state index is 12.1. The molecule has 1 aliphatic heterocycles. The first-order chi connectivity index (χ1) is 8.22. The molecule has 0 aromatic carbocycles. The van der Waals surface area contributed by atoms with Gasteiger partial charge in [0.1, 0.15) is 0 Å². The molecule has 0 radical (unpaired) electrons. The largest absolute Gasteiger partial charge is 0.337 e. The summed E-state index contributed by atoms with van der Waals surface area (Å²) in [5.74, 6) is 0.218. The number of hydrogen-bond donors (Lipinski definition) is 1. The number of amides is 1. The molecule has 2 heterocycles. The smallest absolute Gasteiger partial charge is 0.239 e. The fourth-order valence-corrected chi connectivity index (χ4v) is 2.25. The van der Waals surface area contributed by atoms with E-state index in [9.17, 15) is 4.79 Å². The minimum absolute atomic E-state index is 0.00843. The number of rotatable bonds is 3. The van der Waals surface area contributed by atoms with Crippen molar-refractivity contribution >= 4 is 5.91 Å². The second-order valence-electron chi connectivity index (χ2n) is 4.55. The van der Waals surface area contributed by atoms with Crippen LogP contribution in [0.25, 0.3) is 0 Å². The van der Waals surface area contributed by atoms with Crippen molar-refractivity contribution in [2.75, 3.05) is 13.6 Å². The summed E-state index contributed by atoms with van der Waals surface area (Å²) in [5.41, 5.74) is 2.33. The molecule has 1 unspecified atom stereocenters. The van der Waals surface area contributed by atoms with Gasteiger partial charge in [-0.25, -0.2) is 0 Å². The number of aromatic nitrogens is 1. The number of pyridine rings is 1. The quantitative estimate of drug-likeness (QED) is 0.850. The Labute approximate surface area is 102 Å². The van der Waals surface area contributed by atoms with Crippen LogP contribution < -0.4 is 5.32 Å². The summed E-state index contributed by atoms with van der Waals surface area (Å²) in [7, 11) is 1.85. The van der Waals surface area contributed by atoms with Crippen LogP contribution in [0, 0.1) is 6.92 Å². The Morgan fingerprint density at radius 2 is 2.41 bits per heavy atom. The molecule has 1 aliphatic rings. The number of aryl methyl sites for hydroxylation is 1. The second kappa shape index (κ2) is 5.27. The summed E-state index contributed by atoms with van der Waals surface area (Å²) >= 11 is 0. The number of hydrogen-bond acceptors (Lipinski definition) is 3. The Kier molecular flexibility index (Phi) is 3.74. The third-order valence-corrected chi connectivity index (χ3v) is 3.38. The molecular weight excluding hydrogens is 214 g/mol. The van der Waals surface area contributed by atoms with Gasteiger partial charge in [-0.3, -0.25) is 9.78 Å². The minimum atomic E-state index is -0.00843. The zero-order chi connectivity index (χ0) is 12.3. The van der Waals surface area contributed by atoms with Gasteiger partial charge in [-0.2, -0.15) is 0 Å². The van der Waals surface area contributed by atoms with E-state index in [0.29, 0.717) is 6.54 Å². The van der Waals surface area contributed by atoms with Crippen molar-refractivity contribution < 1.29 is 4.79 Å². The molecule has 4 nitrogen and oxygen atoms in total. The first-order valence-electron chi connectivity index (χ1n) is 6.08. The van der Waals surface area contributed by atoms with Crippen molar-refractivity contribution in [1.29, 1.82) is 0 Å². The van der Waals surface area contributed by atoms with Crippen LogP contribution in [0.4, 0.5) is 0 Å². The molecule has 2 rings (SSSR count). The van der Waals surface area contributed by atoms with Gasteiger partial charge in [0.25, 0.3) is 0 Å². The van der Waals surface area contributed by atoms with Gasteiger partial charge >= 0.3 is 0 Å². The number of piperidine rings is 1. The monoisotopic (exact) mass is 233 g/mol. The Hall–Kier alpha value is -1.42. The lowest BCUT2D eigenvalue weighted by molar-refractivity contribution is -0.136. The summed E-state index contributed by atoms with van der Waals surface area (Å²) in [6, 6.07) is 1.98. The lowest BCUT2D eigenvalue weighted by Crippen LogP contribution is -2.49. The zero-order valence-electron chi connectivity index (χ0n) is 10.4. The Bertz CT molecular complexity index is 405. The summed E-state index contributed by atoms with van der Waals surface area (Å²) in [6.45, 7) is 3.59. The van der Waals surface area contributed by atoms with Crippen molar-refractivity contribution in [2.45, 2.75) is 32.4 Å². The van der Waals surface area contributed by atoms with Crippen LogP contribution >= 0.6 is 0 Å². The number of carbonyl (C=O) groups excluding carboxylic acids is 1. The van der Waals surface area contributed by atoms with Gasteiger partial charge in [0.2, 0.25) is 5.91 Å². The third-order valence-electron chi connectivity index (χ3n) is 3.38. The maximum atomic E-state index is 12.1. The number of likely N-dealkylation sites (tertiary alicyclic amines) is 1. The Morgan fingerprint density at radius 1 is 1.59 bits per heavy atom. The number of likely N-dealkylation sites (N-methyl/N-ethyl adjacent to an activating group) is 1. The van der Waals surface area contributed by atoms with Crippen LogP contribution in [0.15, 0.2) is 18.5 Å². The zero-order valence-corrected chi connectivity index (χ0v) is 10.4. The van der Waals surface area contributed by atoms with E-state index < -0.39 is 0 Å². The van der Waals surface area contributed by atoms with E-state index in [1.807, 2.05) is 31.1 Å². The molecule has 0 saturated carbocycles. The van der Waals surface area contributed by atoms with E-state index in [1.165, 1.54) is 5.56 Å². The molecule has 0 bridgehead atoms. The van der Waals surface area contributed by atoms with Crippen LogP contribution in [0.1, 0.15) is 24.0 Å². The van der Waals surface area contributed by atoms with Gasteiger partial charge in [-0.1, -0.05) is 0 Å². The lowest BCUT2D eigenvalue weighted by Gasteiger charge is -2.32. The van der Waals surface area contributed by atoms with Crippen molar-refractivity contribution in [3.63, 3.8) is 0 Å². The minimum Gasteiger partial charge on any atom is -0.337 e. The average molecular weight is 233 g/mol. The highest BCUT2D eigenvalue weighted by atomic mass is 16.2. The first kappa shape index (κ1) is 12.0. The van der Waals surface area contributed by atoms with Crippen molar-refractivity contribution in [2.24, 2.45) is 0 Å². The van der Waals surface area contributed by atoms with E-state index in [-0.39, 0.29) is 11.9 Å². The summed E-state index contributed by atoms with van der Waals surface area (Å²) < 4.78 is 0. The highest BCUT2D eigenvalue weighted by molar-refractivity contribution is 5.82. The molecule has 1 amide bonds. The van der Waals surface area contributed by atoms with Crippen molar-refractivity contribution in [3.05, 3.63) is 29.6 Å². The molecule has 92 valence electrons. The van der Waals surface area contributed by atoms with Crippen molar-refractivity contribution in [1.82, 2.24) is 15.2 Å². The Balaban J connectivity index is 2.08. The number of carbonyl (C=O) groups is 1. The summed E-state index contributed by atoms with van der Waals surface area (Å²) in [4.78, 5) is 18.1. The molecule has 1 saturated heterocycles. The predicted octanol–water partition coefficient (Wildman–Crippen LogP) is 1.10. The van der Waals surface area contributed by atoms with Crippen LogP contribution in [0.5, 0.6) is 0 Å². The van der Waals surface area contributed by atoms with Gasteiger partial charge in [-0.05, 0) is 44.0 Å². The third kappa shape index (κ3) is 2.64. The molecule has 0 spiro atoms. The normalized spacial score (nSPS) is 20.7. The fraction of sp³-hybridized carbons (Fsp3) is 0.538. The topological polar surface area (TPSA) is 45.2 Å². The lowest BCUT2D eigenvalue weighted by atomic mass is 10.0. The SMILES string of the molecule is CNC1CCCN(Cc2ccncc2C)C1=O. The second-order valence-corrected chi connectivity index (χ2v) is 4.55.